The molecule has 1 aromatic carbocycles. The fraction of sp³-hybridized carbons (Fsp3) is 0.353. The molecular formula is C17H20N4O2. The number of ether oxygens (including phenoxy) is 1. The molecule has 0 saturated carbocycles. The van der Waals surface area contributed by atoms with Gasteiger partial charge in [-0.05, 0) is 25.0 Å². The Labute approximate surface area is 134 Å². The Bertz CT molecular complexity index is 924. The van der Waals surface area contributed by atoms with Crippen LogP contribution in [0.25, 0.3) is 22.4 Å². The first-order valence-corrected chi connectivity index (χ1v) is 7.66. The molecule has 0 bridgehead atoms. The van der Waals surface area contributed by atoms with Crippen molar-refractivity contribution >= 4 is 11.0 Å². The number of nitrogens with one attached hydrogen (secondary N) is 1. The van der Waals surface area contributed by atoms with Gasteiger partial charge in [0.1, 0.15) is 17.1 Å². The Kier molecular flexibility index (Phi) is 3.90. The summed E-state index contributed by atoms with van der Waals surface area (Å²) in [7, 11) is 3.40. The number of hydrogen-bond acceptors (Lipinski definition) is 4. The molecule has 0 atom stereocenters. The zero-order chi connectivity index (χ0) is 16.6. The second-order valence-electron chi connectivity index (χ2n) is 5.62. The van der Waals surface area contributed by atoms with Gasteiger partial charge in [0.05, 0.1) is 12.8 Å². The van der Waals surface area contributed by atoms with Crippen LogP contribution in [0.1, 0.15) is 24.6 Å². The summed E-state index contributed by atoms with van der Waals surface area (Å²) in [4.78, 5) is 20.0. The van der Waals surface area contributed by atoms with Crippen molar-refractivity contribution in [2.24, 2.45) is 7.05 Å². The van der Waals surface area contributed by atoms with Crippen LogP contribution >= 0.6 is 0 Å². The number of hydrogen-bond donors (Lipinski definition) is 1. The number of fused-ring (bicyclic) bond motifs is 1. The van der Waals surface area contributed by atoms with Gasteiger partial charge in [0, 0.05) is 12.6 Å². The van der Waals surface area contributed by atoms with E-state index in [0.717, 1.165) is 35.4 Å². The van der Waals surface area contributed by atoms with Crippen LogP contribution in [0.4, 0.5) is 0 Å². The highest BCUT2D eigenvalue weighted by molar-refractivity contribution is 5.79. The van der Waals surface area contributed by atoms with Gasteiger partial charge in [-0.3, -0.25) is 9.48 Å². The first kappa shape index (κ1) is 15.3. The molecule has 0 radical (unpaired) electrons. The van der Waals surface area contributed by atoms with Gasteiger partial charge in [0.25, 0.3) is 5.56 Å². The van der Waals surface area contributed by atoms with Crippen molar-refractivity contribution in [3.8, 4) is 17.1 Å². The fourth-order valence-corrected chi connectivity index (χ4v) is 2.76. The molecule has 0 fully saturated rings. The molecule has 0 aliphatic rings. The molecule has 0 spiro atoms. The lowest BCUT2D eigenvalue weighted by molar-refractivity contribution is 0.412. The Morgan fingerprint density at radius 3 is 2.83 bits per heavy atom. The van der Waals surface area contributed by atoms with Gasteiger partial charge in [-0.15, -0.1) is 0 Å². The summed E-state index contributed by atoms with van der Waals surface area (Å²) >= 11 is 0. The van der Waals surface area contributed by atoms with E-state index >= 15 is 0 Å². The Morgan fingerprint density at radius 1 is 1.35 bits per heavy atom. The quantitative estimate of drug-likeness (QED) is 0.803. The van der Waals surface area contributed by atoms with Crippen molar-refractivity contribution < 1.29 is 4.74 Å². The standard InChI is InChI=1S/C17H20N4O2/c1-5-6-12-14-15(21(3)20-12)17(22)19-16(18-14)11-8-7-10(2)13(9-11)23-4/h7-9H,5-6H2,1-4H3,(H,18,19,22). The zero-order valence-corrected chi connectivity index (χ0v) is 13.8. The van der Waals surface area contributed by atoms with E-state index in [1.54, 1.807) is 18.8 Å². The molecule has 120 valence electrons. The van der Waals surface area contributed by atoms with E-state index in [1.165, 1.54) is 0 Å². The van der Waals surface area contributed by atoms with Crippen molar-refractivity contribution in [3.63, 3.8) is 0 Å². The molecule has 0 aliphatic heterocycles. The maximum absolute atomic E-state index is 12.4. The average Bonchev–Trinajstić information content (AvgIpc) is 2.84. The summed E-state index contributed by atoms with van der Waals surface area (Å²) in [6, 6.07) is 5.77. The summed E-state index contributed by atoms with van der Waals surface area (Å²) in [5.41, 5.74) is 3.72. The molecule has 6 heteroatoms. The van der Waals surface area contributed by atoms with Crippen molar-refractivity contribution in [2.75, 3.05) is 7.11 Å². The number of nitrogens with zero attached hydrogens (tertiary/aromatic N) is 3. The van der Waals surface area contributed by atoms with Crippen LogP contribution in [0.15, 0.2) is 23.0 Å². The lowest BCUT2D eigenvalue weighted by Crippen LogP contribution is -2.12. The van der Waals surface area contributed by atoms with Crippen molar-refractivity contribution in [3.05, 3.63) is 39.8 Å². The van der Waals surface area contributed by atoms with Crippen LogP contribution in [0.5, 0.6) is 5.75 Å². The third-order valence-electron chi connectivity index (χ3n) is 3.93. The van der Waals surface area contributed by atoms with Crippen LogP contribution in [0, 0.1) is 6.92 Å². The second kappa shape index (κ2) is 5.87. The summed E-state index contributed by atoms with van der Waals surface area (Å²) in [5, 5.41) is 4.43. The maximum Gasteiger partial charge on any atom is 0.277 e. The first-order valence-electron chi connectivity index (χ1n) is 7.66. The predicted octanol–water partition coefficient (Wildman–Crippen LogP) is 2.59. The largest absolute Gasteiger partial charge is 0.496 e. The fourth-order valence-electron chi connectivity index (χ4n) is 2.76. The van der Waals surface area contributed by atoms with Gasteiger partial charge in [-0.25, -0.2) is 4.98 Å². The first-order chi connectivity index (χ1) is 11.0. The minimum atomic E-state index is -0.179. The van der Waals surface area contributed by atoms with Gasteiger partial charge in [0.15, 0.2) is 5.52 Å². The van der Waals surface area contributed by atoms with E-state index in [2.05, 4.69) is 22.0 Å². The van der Waals surface area contributed by atoms with E-state index < -0.39 is 0 Å². The van der Waals surface area contributed by atoms with Gasteiger partial charge in [-0.2, -0.15) is 5.10 Å². The lowest BCUT2D eigenvalue weighted by atomic mass is 10.1. The normalized spacial score (nSPS) is 11.1. The highest BCUT2D eigenvalue weighted by Gasteiger charge is 2.15. The minimum Gasteiger partial charge on any atom is -0.496 e. The number of aromatic nitrogens is 4. The molecule has 0 saturated heterocycles. The summed E-state index contributed by atoms with van der Waals surface area (Å²) in [6.07, 6.45) is 1.75. The number of rotatable bonds is 4. The average molecular weight is 312 g/mol. The van der Waals surface area contributed by atoms with Crippen LogP contribution in [0.3, 0.4) is 0 Å². The summed E-state index contributed by atoms with van der Waals surface area (Å²) < 4.78 is 6.96. The monoisotopic (exact) mass is 312 g/mol. The molecule has 0 aliphatic carbocycles. The number of methoxy groups -OCH3 is 1. The van der Waals surface area contributed by atoms with Crippen LogP contribution in [0.2, 0.25) is 0 Å². The van der Waals surface area contributed by atoms with E-state index in [1.807, 2.05) is 25.1 Å². The Hall–Kier alpha value is -2.63. The lowest BCUT2D eigenvalue weighted by Gasteiger charge is -2.07. The number of benzene rings is 1. The molecule has 2 aromatic heterocycles. The smallest absolute Gasteiger partial charge is 0.277 e. The number of aromatic amines is 1. The second-order valence-corrected chi connectivity index (χ2v) is 5.62. The molecular weight excluding hydrogens is 292 g/mol. The summed E-state index contributed by atoms with van der Waals surface area (Å²) in [6.45, 7) is 4.06. The van der Waals surface area contributed by atoms with Crippen LogP contribution in [-0.2, 0) is 13.5 Å². The third kappa shape index (κ3) is 2.60. The zero-order valence-electron chi connectivity index (χ0n) is 13.8. The highest BCUT2D eigenvalue weighted by atomic mass is 16.5. The maximum atomic E-state index is 12.4. The van der Waals surface area contributed by atoms with Gasteiger partial charge >= 0.3 is 0 Å². The van der Waals surface area contributed by atoms with Crippen molar-refractivity contribution in [2.45, 2.75) is 26.7 Å². The molecule has 3 aromatic rings. The third-order valence-corrected chi connectivity index (χ3v) is 3.93. The van der Waals surface area contributed by atoms with Gasteiger partial charge in [-0.1, -0.05) is 25.5 Å². The minimum absolute atomic E-state index is 0.179. The van der Waals surface area contributed by atoms with Crippen LogP contribution in [-0.4, -0.2) is 26.9 Å². The van der Waals surface area contributed by atoms with Crippen LogP contribution < -0.4 is 10.3 Å². The van der Waals surface area contributed by atoms with E-state index in [4.69, 9.17) is 4.74 Å². The molecule has 0 amide bonds. The molecule has 3 rings (SSSR count). The van der Waals surface area contributed by atoms with Crippen molar-refractivity contribution in [1.82, 2.24) is 19.7 Å². The Morgan fingerprint density at radius 2 is 2.13 bits per heavy atom. The molecule has 6 nitrogen and oxygen atoms in total. The predicted molar refractivity (Wildman–Crippen MR) is 89.8 cm³/mol. The Balaban J connectivity index is 2.23. The molecule has 0 unspecified atom stereocenters. The molecule has 2 heterocycles. The topological polar surface area (TPSA) is 72.8 Å². The number of H-pyrrole nitrogens is 1. The molecule has 23 heavy (non-hydrogen) atoms. The SMILES string of the molecule is CCCc1nn(C)c2c(=O)[nH]c(-c3ccc(C)c(OC)c3)nc12. The van der Waals surface area contributed by atoms with E-state index in [9.17, 15) is 4.79 Å². The van der Waals surface area contributed by atoms with E-state index in [-0.39, 0.29) is 5.56 Å². The highest BCUT2D eigenvalue weighted by Crippen LogP contribution is 2.25. The van der Waals surface area contributed by atoms with E-state index in [0.29, 0.717) is 16.9 Å². The number of aryl methyl sites for hydroxylation is 3. The van der Waals surface area contributed by atoms with Crippen molar-refractivity contribution in [1.29, 1.82) is 0 Å². The van der Waals surface area contributed by atoms with Gasteiger partial charge in [0.2, 0.25) is 0 Å². The summed E-state index contributed by atoms with van der Waals surface area (Å²) in [5.74, 6) is 1.30. The molecule has 1 N–H and O–H groups in total. The van der Waals surface area contributed by atoms with Gasteiger partial charge < -0.3 is 9.72 Å².